The van der Waals surface area contributed by atoms with Crippen molar-refractivity contribution >= 4 is 11.4 Å². The Morgan fingerprint density at radius 1 is 1.48 bits per heavy atom. The third-order valence-electron chi connectivity index (χ3n) is 2.95. The summed E-state index contributed by atoms with van der Waals surface area (Å²) in [4.78, 5) is 14.5. The van der Waals surface area contributed by atoms with Gasteiger partial charge in [-0.1, -0.05) is 12.1 Å². The first-order chi connectivity index (χ1) is 10.1. The van der Waals surface area contributed by atoms with E-state index in [-0.39, 0.29) is 17.7 Å². The largest absolute Gasteiger partial charge is 0.398 e. The van der Waals surface area contributed by atoms with E-state index in [4.69, 9.17) is 15.0 Å². The summed E-state index contributed by atoms with van der Waals surface area (Å²) in [6, 6.07) is 4.08. The molecule has 0 saturated heterocycles. The molecule has 21 heavy (non-hydrogen) atoms. The fraction of sp³-hybridized carbons (Fsp3) is 0.385. The Morgan fingerprint density at radius 2 is 2.24 bits per heavy atom. The van der Waals surface area contributed by atoms with Crippen molar-refractivity contribution < 1.29 is 14.2 Å². The molecule has 1 unspecified atom stereocenters. The molecular formula is C13H16N4O4. The quantitative estimate of drug-likeness (QED) is 0.494. The summed E-state index contributed by atoms with van der Waals surface area (Å²) in [6.07, 6.45) is 0.421. The smallest absolute Gasteiger partial charge is 0.270 e. The molecule has 0 aliphatic carbocycles. The number of non-ortho nitro benzene ring substituents is 1. The molecule has 0 aliphatic rings. The summed E-state index contributed by atoms with van der Waals surface area (Å²) < 4.78 is 10.6. The van der Waals surface area contributed by atoms with Crippen molar-refractivity contribution in [1.29, 1.82) is 0 Å². The van der Waals surface area contributed by atoms with Crippen molar-refractivity contribution in [3.63, 3.8) is 0 Å². The standard InChI is InChI=1S/C13H16N4O4/c1-3-11(20-4-2)12-15-13(21-16-12)9-7-8(17(18)19)5-6-10(9)14/h5-7,11H,3-4,14H2,1-2H3. The van der Waals surface area contributed by atoms with Gasteiger partial charge >= 0.3 is 0 Å². The highest BCUT2D eigenvalue weighted by Gasteiger charge is 2.20. The molecule has 2 aromatic rings. The van der Waals surface area contributed by atoms with Crippen molar-refractivity contribution in [2.75, 3.05) is 12.3 Å². The van der Waals surface area contributed by atoms with Gasteiger partial charge < -0.3 is 15.0 Å². The van der Waals surface area contributed by atoms with Gasteiger partial charge in [-0.2, -0.15) is 4.98 Å². The van der Waals surface area contributed by atoms with Crippen LogP contribution in [0.5, 0.6) is 0 Å². The molecule has 1 aromatic heterocycles. The number of nitrogens with zero attached hydrogens (tertiary/aromatic N) is 3. The van der Waals surface area contributed by atoms with E-state index in [1.165, 1.54) is 18.2 Å². The zero-order chi connectivity index (χ0) is 15.4. The highest BCUT2D eigenvalue weighted by Crippen LogP contribution is 2.30. The number of nitro benzene ring substituents is 1. The van der Waals surface area contributed by atoms with Gasteiger partial charge in [-0.25, -0.2) is 0 Å². The van der Waals surface area contributed by atoms with E-state index >= 15 is 0 Å². The molecule has 1 atom stereocenters. The second-order valence-electron chi connectivity index (χ2n) is 4.34. The zero-order valence-electron chi connectivity index (χ0n) is 11.8. The molecule has 8 heteroatoms. The van der Waals surface area contributed by atoms with Gasteiger partial charge in [0.2, 0.25) is 5.82 Å². The lowest BCUT2D eigenvalue weighted by Crippen LogP contribution is -2.04. The van der Waals surface area contributed by atoms with Gasteiger partial charge in [0.1, 0.15) is 6.10 Å². The first kappa shape index (κ1) is 14.9. The molecule has 0 saturated carbocycles. The van der Waals surface area contributed by atoms with Crippen molar-refractivity contribution in [1.82, 2.24) is 10.1 Å². The third kappa shape index (κ3) is 3.16. The number of aromatic nitrogens is 2. The van der Waals surface area contributed by atoms with E-state index in [0.717, 1.165) is 0 Å². The average molecular weight is 292 g/mol. The van der Waals surface area contributed by atoms with Crippen molar-refractivity contribution in [3.8, 4) is 11.5 Å². The number of nitrogen functional groups attached to an aromatic ring is 1. The number of nitro groups is 1. The van der Waals surface area contributed by atoms with Gasteiger partial charge in [-0.05, 0) is 19.4 Å². The van der Waals surface area contributed by atoms with Crippen LogP contribution in [0.3, 0.4) is 0 Å². The van der Waals surface area contributed by atoms with Crippen LogP contribution in [-0.2, 0) is 4.74 Å². The first-order valence-electron chi connectivity index (χ1n) is 6.56. The second-order valence-corrected chi connectivity index (χ2v) is 4.34. The maximum Gasteiger partial charge on any atom is 0.270 e. The predicted octanol–water partition coefficient (Wildman–Crippen LogP) is 2.71. The predicted molar refractivity (Wildman–Crippen MR) is 75.5 cm³/mol. The number of nitrogens with two attached hydrogens (primary N) is 1. The summed E-state index contributed by atoms with van der Waals surface area (Å²) in [5.41, 5.74) is 6.40. The van der Waals surface area contributed by atoms with Gasteiger partial charge in [-0.3, -0.25) is 10.1 Å². The molecule has 1 aromatic carbocycles. The highest BCUT2D eigenvalue weighted by molar-refractivity contribution is 5.73. The topological polar surface area (TPSA) is 117 Å². The number of rotatable bonds is 6. The molecule has 0 radical (unpaired) electrons. The van der Waals surface area contributed by atoms with Crippen molar-refractivity contribution in [2.24, 2.45) is 0 Å². The van der Waals surface area contributed by atoms with Gasteiger partial charge in [0.25, 0.3) is 11.6 Å². The fourth-order valence-corrected chi connectivity index (χ4v) is 1.89. The lowest BCUT2D eigenvalue weighted by Gasteiger charge is -2.09. The van der Waals surface area contributed by atoms with Gasteiger partial charge in [0, 0.05) is 24.4 Å². The van der Waals surface area contributed by atoms with Crippen LogP contribution >= 0.6 is 0 Å². The Balaban J connectivity index is 2.37. The average Bonchev–Trinajstić information content (AvgIpc) is 2.94. The molecule has 2 N–H and O–H groups in total. The highest BCUT2D eigenvalue weighted by atomic mass is 16.6. The lowest BCUT2D eigenvalue weighted by atomic mass is 10.1. The Kier molecular flexibility index (Phi) is 4.49. The van der Waals surface area contributed by atoms with Crippen molar-refractivity contribution in [2.45, 2.75) is 26.4 Å². The molecule has 1 heterocycles. The lowest BCUT2D eigenvalue weighted by molar-refractivity contribution is -0.384. The maximum absolute atomic E-state index is 10.8. The minimum atomic E-state index is -0.505. The summed E-state index contributed by atoms with van der Waals surface area (Å²) in [6.45, 7) is 4.35. The molecule has 0 spiro atoms. The molecule has 2 rings (SSSR count). The Hall–Kier alpha value is -2.48. The molecule has 0 amide bonds. The summed E-state index contributed by atoms with van der Waals surface area (Å²) in [5.74, 6) is 0.546. The van der Waals surface area contributed by atoms with Gasteiger partial charge in [-0.15, -0.1) is 0 Å². The van der Waals surface area contributed by atoms with Crippen LogP contribution in [0, 0.1) is 10.1 Å². The fourth-order valence-electron chi connectivity index (χ4n) is 1.89. The minimum absolute atomic E-state index is 0.0872. The van der Waals surface area contributed by atoms with E-state index < -0.39 is 4.92 Å². The number of anilines is 1. The molecule has 0 fully saturated rings. The van der Waals surface area contributed by atoms with Gasteiger partial charge in [0.05, 0.1) is 10.5 Å². The number of hydrogen-bond donors (Lipinski definition) is 1. The zero-order valence-corrected chi connectivity index (χ0v) is 11.8. The minimum Gasteiger partial charge on any atom is -0.398 e. The maximum atomic E-state index is 10.8. The summed E-state index contributed by atoms with van der Waals surface area (Å²) >= 11 is 0. The van der Waals surface area contributed by atoms with Crippen LogP contribution in [0.2, 0.25) is 0 Å². The molecular weight excluding hydrogens is 276 g/mol. The van der Waals surface area contributed by atoms with Crippen LogP contribution in [0.15, 0.2) is 22.7 Å². The Morgan fingerprint density at radius 3 is 2.86 bits per heavy atom. The van der Waals surface area contributed by atoms with E-state index in [1.807, 2.05) is 13.8 Å². The van der Waals surface area contributed by atoms with Crippen LogP contribution in [0.25, 0.3) is 11.5 Å². The van der Waals surface area contributed by atoms with E-state index in [0.29, 0.717) is 30.1 Å². The van der Waals surface area contributed by atoms with Crippen LogP contribution < -0.4 is 5.73 Å². The normalized spacial score (nSPS) is 12.3. The molecule has 0 aliphatic heterocycles. The Labute approximate surface area is 121 Å². The third-order valence-corrected chi connectivity index (χ3v) is 2.95. The number of ether oxygens (including phenoxy) is 1. The SMILES string of the molecule is CCOC(CC)c1noc(-c2cc([N+](=O)[O-])ccc2N)n1. The van der Waals surface area contributed by atoms with Crippen LogP contribution in [0.1, 0.15) is 32.2 Å². The number of hydrogen-bond acceptors (Lipinski definition) is 7. The van der Waals surface area contributed by atoms with E-state index in [1.54, 1.807) is 0 Å². The van der Waals surface area contributed by atoms with E-state index in [9.17, 15) is 10.1 Å². The van der Waals surface area contributed by atoms with Crippen LogP contribution in [0.4, 0.5) is 11.4 Å². The van der Waals surface area contributed by atoms with Gasteiger partial charge in [0.15, 0.2) is 0 Å². The Bertz CT molecular complexity index is 641. The molecule has 8 nitrogen and oxygen atoms in total. The monoisotopic (exact) mass is 292 g/mol. The summed E-state index contributed by atoms with van der Waals surface area (Å²) in [7, 11) is 0. The number of benzene rings is 1. The van der Waals surface area contributed by atoms with E-state index in [2.05, 4.69) is 10.1 Å². The molecule has 0 bridgehead atoms. The van der Waals surface area contributed by atoms with Crippen molar-refractivity contribution in [3.05, 3.63) is 34.1 Å². The first-order valence-corrected chi connectivity index (χ1v) is 6.56. The second kappa shape index (κ2) is 6.31. The summed E-state index contributed by atoms with van der Waals surface area (Å²) in [5, 5.41) is 14.7. The van der Waals surface area contributed by atoms with Crippen LogP contribution in [-0.4, -0.2) is 21.7 Å². The molecule has 112 valence electrons.